The maximum atomic E-state index is 15.1. The van der Waals surface area contributed by atoms with Gasteiger partial charge >= 0.3 is 12.1 Å². The number of nitrogens with zero attached hydrogens (tertiary/aromatic N) is 4. The van der Waals surface area contributed by atoms with Crippen molar-refractivity contribution < 1.29 is 37.1 Å². The second kappa shape index (κ2) is 11.0. The van der Waals surface area contributed by atoms with Crippen molar-refractivity contribution in [2.45, 2.75) is 65.3 Å². The highest BCUT2D eigenvalue weighted by Crippen LogP contribution is 2.45. The number of hydrogen-bond donors (Lipinski definition) is 1. The number of rotatable bonds is 7. The zero-order chi connectivity index (χ0) is 29.5. The van der Waals surface area contributed by atoms with Crippen molar-refractivity contribution in [3.8, 4) is 0 Å². The SMILES string of the molecule is CC(C)(C)CN(CC(=O)c1c(Cl)cncc1Cl)C(=O)c1cnn([C@H]2CC[C@@](C)(C(=O)O)C[C@@H]2F)c1C(F)(F)F. The minimum absolute atomic E-state index is 0.0774. The summed E-state index contributed by atoms with van der Waals surface area (Å²) in [4.78, 5) is 42.9. The minimum Gasteiger partial charge on any atom is -0.481 e. The molecule has 3 rings (SSSR count). The molecule has 2 aromatic heterocycles. The molecule has 0 spiro atoms. The molecule has 3 atom stereocenters. The molecule has 1 saturated carbocycles. The zero-order valence-electron chi connectivity index (χ0n) is 21.7. The molecule has 0 saturated heterocycles. The lowest BCUT2D eigenvalue weighted by molar-refractivity contribution is -0.154. The predicted molar refractivity (Wildman–Crippen MR) is 135 cm³/mol. The number of carbonyl (C=O) groups is 3. The van der Waals surface area contributed by atoms with Gasteiger partial charge in [-0.3, -0.25) is 24.0 Å². The number of ketones is 1. The minimum atomic E-state index is -5.11. The van der Waals surface area contributed by atoms with Gasteiger partial charge in [0.1, 0.15) is 6.17 Å². The molecule has 8 nitrogen and oxygen atoms in total. The second-order valence-corrected chi connectivity index (χ2v) is 12.0. The molecule has 0 unspecified atom stereocenters. The quantitative estimate of drug-likeness (QED) is 0.305. The van der Waals surface area contributed by atoms with Crippen LogP contribution in [-0.4, -0.2) is 61.7 Å². The van der Waals surface area contributed by atoms with Crippen LogP contribution >= 0.6 is 23.2 Å². The smallest absolute Gasteiger partial charge is 0.433 e. The molecule has 0 aromatic carbocycles. The van der Waals surface area contributed by atoms with E-state index in [-0.39, 0.29) is 35.0 Å². The van der Waals surface area contributed by atoms with E-state index in [1.807, 2.05) is 0 Å². The third-order valence-electron chi connectivity index (χ3n) is 6.60. The average Bonchev–Trinajstić information content (AvgIpc) is 3.22. The third kappa shape index (κ3) is 6.71. The Kier molecular flexibility index (Phi) is 8.72. The van der Waals surface area contributed by atoms with Crippen LogP contribution in [0.1, 0.15) is 79.4 Å². The summed E-state index contributed by atoms with van der Waals surface area (Å²) in [5.41, 5.74) is -4.52. The van der Waals surface area contributed by atoms with Crippen molar-refractivity contribution in [3.63, 3.8) is 0 Å². The summed E-state index contributed by atoms with van der Waals surface area (Å²) in [5.74, 6) is -3.09. The van der Waals surface area contributed by atoms with Crippen molar-refractivity contribution in [1.82, 2.24) is 19.7 Å². The van der Waals surface area contributed by atoms with E-state index >= 15 is 4.39 Å². The molecule has 0 radical (unpaired) electrons. The molecule has 0 bridgehead atoms. The number of carboxylic acid groups (broad SMARTS) is 1. The summed E-state index contributed by atoms with van der Waals surface area (Å²) < 4.78 is 58.6. The number of amides is 1. The summed E-state index contributed by atoms with van der Waals surface area (Å²) in [6.45, 7) is 5.76. The van der Waals surface area contributed by atoms with Gasteiger partial charge in [0.2, 0.25) is 0 Å². The maximum Gasteiger partial charge on any atom is 0.433 e. The molecule has 39 heavy (non-hydrogen) atoms. The molecule has 14 heteroatoms. The second-order valence-electron chi connectivity index (χ2n) is 11.2. The highest BCUT2D eigenvalue weighted by molar-refractivity contribution is 6.39. The van der Waals surface area contributed by atoms with Gasteiger partial charge in [-0.1, -0.05) is 44.0 Å². The Bertz CT molecular complexity index is 1260. The Morgan fingerprint density at radius 1 is 1.15 bits per heavy atom. The predicted octanol–water partition coefficient (Wildman–Crippen LogP) is 6.13. The van der Waals surface area contributed by atoms with Gasteiger partial charge in [0, 0.05) is 18.9 Å². The van der Waals surface area contributed by atoms with Crippen LogP contribution < -0.4 is 0 Å². The van der Waals surface area contributed by atoms with Crippen molar-refractivity contribution in [2.75, 3.05) is 13.1 Å². The number of alkyl halides is 4. The highest BCUT2D eigenvalue weighted by Gasteiger charge is 2.48. The molecule has 1 aliphatic carbocycles. The van der Waals surface area contributed by atoms with Gasteiger partial charge in [-0.15, -0.1) is 0 Å². The van der Waals surface area contributed by atoms with Gasteiger partial charge < -0.3 is 10.0 Å². The van der Waals surface area contributed by atoms with E-state index < -0.39 is 71.1 Å². The standard InChI is InChI=1S/C25H28Cl2F4N4O4/c1-23(2,3)12-34(11-18(36)19-14(26)9-32-10-15(19)27)21(37)13-8-33-35(20(13)25(29,30)31)17-5-6-24(4,22(38)39)7-16(17)28/h8-10,16-17H,5-7,11-12H2,1-4H3,(H,38,39)/t16-,17-,24+/m0/s1. The van der Waals surface area contributed by atoms with Crippen LogP contribution in [-0.2, 0) is 11.0 Å². The largest absolute Gasteiger partial charge is 0.481 e. The number of carbonyl (C=O) groups excluding carboxylic acids is 2. The molecule has 1 amide bonds. The molecule has 214 valence electrons. The fourth-order valence-electron chi connectivity index (χ4n) is 4.71. The Morgan fingerprint density at radius 2 is 1.74 bits per heavy atom. The molecule has 1 aliphatic rings. The van der Waals surface area contributed by atoms with Gasteiger partial charge in [0.05, 0.1) is 45.4 Å². The molecule has 2 aromatic rings. The van der Waals surface area contributed by atoms with E-state index in [0.29, 0.717) is 10.9 Å². The summed E-state index contributed by atoms with van der Waals surface area (Å²) in [6.07, 6.45) is -4.82. The molecule has 1 fully saturated rings. The van der Waals surface area contributed by atoms with Crippen LogP contribution in [0, 0.1) is 10.8 Å². The lowest BCUT2D eigenvalue weighted by Gasteiger charge is -2.37. The summed E-state index contributed by atoms with van der Waals surface area (Å²) in [7, 11) is 0. The number of aromatic nitrogens is 3. The normalized spacial score (nSPS) is 22.0. The molecular weight excluding hydrogens is 567 g/mol. The van der Waals surface area contributed by atoms with E-state index in [4.69, 9.17) is 23.2 Å². The van der Waals surface area contributed by atoms with Crippen LogP contribution in [0.25, 0.3) is 0 Å². The van der Waals surface area contributed by atoms with E-state index in [9.17, 15) is 32.7 Å². The first-order valence-corrected chi connectivity index (χ1v) is 12.7. The fraction of sp³-hybridized carbons (Fsp3) is 0.560. The summed E-state index contributed by atoms with van der Waals surface area (Å²) in [5, 5.41) is 13.0. The van der Waals surface area contributed by atoms with Crippen molar-refractivity contribution in [2.24, 2.45) is 10.8 Å². The first-order valence-electron chi connectivity index (χ1n) is 12.0. The van der Waals surface area contributed by atoms with Crippen LogP contribution in [0.5, 0.6) is 0 Å². The maximum absolute atomic E-state index is 15.1. The lowest BCUT2D eigenvalue weighted by atomic mass is 9.73. The summed E-state index contributed by atoms with van der Waals surface area (Å²) in [6, 6.07) is -1.43. The van der Waals surface area contributed by atoms with Crippen LogP contribution in [0.15, 0.2) is 18.6 Å². The Morgan fingerprint density at radius 3 is 2.23 bits per heavy atom. The van der Waals surface area contributed by atoms with Gasteiger partial charge in [-0.05, 0) is 31.6 Å². The summed E-state index contributed by atoms with van der Waals surface area (Å²) >= 11 is 12.1. The van der Waals surface area contributed by atoms with E-state index in [0.717, 1.165) is 4.90 Å². The zero-order valence-corrected chi connectivity index (χ0v) is 23.2. The lowest BCUT2D eigenvalue weighted by Crippen LogP contribution is -2.42. The molecule has 2 heterocycles. The first-order chi connectivity index (χ1) is 17.9. The van der Waals surface area contributed by atoms with Crippen LogP contribution in [0.2, 0.25) is 10.0 Å². The number of carboxylic acids is 1. The topological polar surface area (TPSA) is 105 Å². The number of pyridine rings is 1. The van der Waals surface area contributed by atoms with E-state index in [1.165, 1.54) is 19.3 Å². The average molecular weight is 595 g/mol. The van der Waals surface area contributed by atoms with Crippen molar-refractivity contribution in [3.05, 3.63) is 45.5 Å². The molecular formula is C25H28Cl2F4N4O4. The molecule has 1 N–H and O–H groups in total. The Balaban J connectivity index is 2.02. The fourth-order valence-corrected chi connectivity index (χ4v) is 5.29. The monoisotopic (exact) mass is 594 g/mol. The molecule has 0 aliphatic heterocycles. The number of aliphatic carboxylic acids is 1. The Hall–Kier alpha value is -2.73. The first kappa shape index (κ1) is 30.8. The highest BCUT2D eigenvalue weighted by atomic mass is 35.5. The van der Waals surface area contributed by atoms with Crippen LogP contribution in [0.3, 0.4) is 0 Å². The van der Waals surface area contributed by atoms with Gasteiger partial charge in [0.25, 0.3) is 5.91 Å². The van der Waals surface area contributed by atoms with Gasteiger partial charge in [0.15, 0.2) is 11.5 Å². The third-order valence-corrected chi connectivity index (χ3v) is 7.17. The van der Waals surface area contributed by atoms with E-state index in [1.54, 1.807) is 20.8 Å². The van der Waals surface area contributed by atoms with Crippen LogP contribution in [0.4, 0.5) is 17.6 Å². The number of halogens is 6. The number of Topliss-reactive ketones (excluding diaryl/α,β-unsaturated/α-hetero) is 1. The van der Waals surface area contributed by atoms with E-state index in [2.05, 4.69) is 10.1 Å². The number of hydrogen-bond acceptors (Lipinski definition) is 5. The van der Waals surface area contributed by atoms with Crippen molar-refractivity contribution >= 4 is 40.9 Å². The van der Waals surface area contributed by atoms with Gasteiger partial charge in [-0.2, -0.15) is 18.3 Å². The van der Waals surface area contributed by atoms with Crippen molar-refractivity contribution in [1.29, 1.82) is 0 Å². The Labute approximate surface area is 232 Å². The van der Waals surface area contributed by atoms with Gasteiger partial charge in [-0.25, -0.2) is 4.39 Å².